The van der Waals surface area contributed by atoms with E-state index < -0.39 is 35.7 Å². The Hall–Kier alpha value is -1.51. The highest BCUT2D eigenvalue weighted by Gasteiger charge is 2.45. The molecule has 0 amide bonds. The van der Waals surface area contributed by atoms with E-state index in [2.05, 4.69) is 4.98 Å². The Kier molecular flexibility index (Phi) is 3.83. The average Bonchev–Trinajstić information content (AvgIpc) is 2.70. The second-order valence-corrected chi connectivity index (χ2v) is 4.57. The van der Waals surface area contributed by atoms with Gasteiger partial charge in [-0.15, -0.1) is 0 Å². The van der Waals surface area contributed by atoms with Gasteiger partial charge < -0.3 is 15.6 Å². The summed E-state index contributed by atoms with van der Waals surface area (Å²) in [5.74, 6) is -0.686. The number of hydrogen-bond acceptors (Lipinski definition) is 5. The number of aliphatic hydroxyl groups is 1. The number of aliphatic hydroxyl groups excluding tert-OH is 1. The zero-order valence-corrected chi connectivity index (χ0v) is 10.4. The molecule has 0 radical (unpaired) electrons. The molecule has 1 aromatic rings. The molecule has 19 heavy (non-hydrogen) atoms. The molecule has 0 aliphatic carbocycles. The van der Waals surface area contributed by atoms with Gasteiger partial charge in [-0.3, -0.25) is 14.3 Å². The lowest BCUT2D eigenvalue weighted by molar-refractivity contribution is -0.0422. The first-order chi connectivity index (χ1) is 8.99. The number of nitrogens with zero attached hydrogens (tertiary/aromatic N) is 1. The SMILES string of the molecule is Cc1cn([C@@H]2O[C@H](CO)[C@@H](CN)[C@H]2F)c(=O)[nH]c1=O. The summed E-state index contributed by atoms with van der Waals surface area (Å²) in [5, 5.41) is 9.13. The Morgan fingerprint density at radius 2 is 2.26 bits per heavy atom. The summed E-state index contributed by atoms with van der Waals surface area (Å²) < 4.78 is 20.5. The zero-order chi connectivity index (χ0) is 14.2. The normalized spacial score (nSPS) is 30.7. The molecule has 0 saturated carbocycles. The molecule has 1 aromatic heterocycles. The Morgan fingerprint density at radius 1 is 1.58 bits per heavy atom. The van der Waals surface area contributed by atoms with Crippen LogP contribution in [0.15, 0.2) is 15.8 Å². The molecular formula is C11H16FN3O4. The van der Waals surface area contributed by atoms with E-state index >= 15 is 0 Å². The molecular weight excluding hydrogens is 257 g/mol. The van der Waals surface area contributed by atoms with Gasteiger partial charge in [0.15, 0.2) is 12.4 Å². The van der Waals surface area contributed by atoms with E-state index in [-0.39, 0.29) is 18.7 Å². The fraction of sp³-hybridized carbons (Fsp3) is 0.636. The highest BCUT2D eigenvalue weighted by atomic mass is 19.1. The summed E-state index contributed by atoms with van der Waals surface area (Å²) in [4.78, 5) is 25.0. The van der Waals surface area contributed by atoms with Gasteiger partial charge in [0, 0.05) is 24.2 Å². The minimum atomic E-state index is -1.52. The third-order valence-electron chi connectivity index (χ3n) is 3.35. The van der Waals surface area contributed by atoms with Gasteiger partial charge in [-0.2, -0.15) is 0 Å². The first-order valence-electron chi connectivity index (χ1n) is 5.92. The molecule has 8 heteroatoms. The summed E-state index contributed by atoms with van der Waals surface area (Å²) in [5.41, 5.74) is 4.44. The van der Waals surface area contributed by atoms with Crippen molar-refractivity contribution in [1.82, 2.24) is 9.55 Å². The van der Waals surface area contributed by atoms with E-state index in [0.717, 1.165) is 4.57 Å². The first kappa shape index (κ1) is 13.9. The molecule has 1 aliphatic rings. The third kappa shape index (κ3) is 2.34. The number of aromatic nitrogens is 2. The van der Waals surface area contributed by atoms with Gasteiger partial charge in [-0.25, -0.2) is 9.18 Å². The Morgan fingerprint density at radius 3 is 2.79 bits per heavy atom. The number of halogens is 1. The van der Waals surface area contributed by atoms with E-state index in [1.807, 2.05) is 0 Å². The van der Waals surface area contributed by atoms with E-state index in [1.165, 1.54) is 13.1 Å². The summed E-state index contributed by atoms with van der Waals surface area (Å²) in [6.45, 7) is 1.12. The van der Waals surface area contributed by atoms with Crippen molar-refractivity contribution in [3.8, 4) is 0 Å². The highest BCUT2D eigenvalue weighted by Crippen LogP contribution is 2.34. The number of rotatable bonds is 3. The van der Waals surface area contributed by atoms with Gasteiger partial charge in [0.1, 0.15) is 0 Å². The van der Waals surface area contributed by atoms with Gasteiger partial charge in [-0.05, 0) is 6.92 Å². The minimum absolute atomic E-state index is 0.0000205. The van der Waals surface area contributed by atoms with Crippen molar-refractivity contribution in [3.63, 3.8) is 0 Å². The van der Waals surface area contributed by atoms with Crippen LogP contribution in [0.3, 0.4) is 0 Å². The monoisotopic (exact) mass is 273 g/mol. The van der Waals surface area contributed by atoms with Crippen molar-refractivity contribution in [1.29, 1.82) is 0 Å². The van der Waals surface area contributed by atoms with E-state index in [9.17, 15) is 14.0 Å². The fourth-order valence-electron chi connectivity index (χ4n) is 2.23. The number of aryl methyl sites for hydroxylation is 1. The molecule has 1 fully saturated rings. The van der Waals surface area contributed by atoms with Crippen molar-refractivity contribution in [2.45, 2.75) is 25.4 Å². The number of hydrogen-bond donors (Lipinski definition) is 3. The van der Waals surface area contributed by atoms with Crippen LogP contribution in [0.25, 0.3) is 0 Å². The van der Waals surface area contributed by atoms with Crippen molar-refractivity contribution in [3.05, 3.63) is 32.6 Å². The topological polar surface area (TPSA) is 110 Å². The number of aromatic amines is 1. The van der Waals surface area contributed by atoms with E-state index in [4.69, 9.17) is 15.6 Å². The highest BCUT2D eigenvalue weighted by molar-refractivity contribution is 5.03. The molecule has 0 bridgehead atoms. The Balaban J connectivity index is 2.41. The van der Waals surface area contributed by atoms with Crippen molar-refractivity contribution < 1.29 is 14.2 Å². The summed E-state index contributed by atoms with van der Waals surface area (Å²) in [6.07, 6.45) is -2.23. The smallest absolute Gasteiger partial charge is 0.330 e. The molecule has 4 N–H and O–H groups in total. The third-order valence-corrected chi connectivity index (χ3v) is 3.35. The van der Waals surface area contributed by atoms with Gasteiger partial charge in [-0.1, -0.05) is 0 Å². The Labute approximate surface area is 107 Å². The molecule has 7 nitrogen and oxygen atoms in total. The van der Waals surface area contributed by atoms with Gasteiger partial charge in [0.2, 0.25) is 0 Å². The maximum atomic E-state index is 14.2. The van der Waals surface area contributed by atoms with Crippen LogP contribution in [0.2, 0.25) is 0 Å². The number of nitrogens with one attached hydrogen (secondary N) is 1. The lowest BCUT2D eigenvalue weighted by Crippen LogP contribution is -2.37. The van der Waals surface area contributed by atoms with Gasteiger partial charge >= 0.3 is 5.69 Å². The molecule has 1 saturated heterocycles. The van der Waals surface area contributed by atoms with Crippen molar-refractivity contribution in [2.24, 2.45) is 11.7 Å². The average molecular weight is 273 g/mol. The summed E-state index contributed by atoms with van der Waals surface area (Å²) in [6, 6.07) is 0. The first-order valence-corrected chi connectivity index (χ1v) is 5.92. The second-order valence-electron chi connectivity index (χ2n) is 4.57. The van der Waals surface area contributed by atoms with Gasteiger partial charge in [0.05, 0.1) is 12.7 Å². The molecule has 2 rings (SSSR count). The summed E-state index contributed by atoms with van der Waals surface area (Å²) >= 11 is 0. The molecule has 106 valence electrons. The maximum absolute atomic E-state index is 14.2. The van der Waals surface area contributed by atoms with E-state index in [1.54, 1.807) is 0 Å². The summed E-state index contributed by atoms with van der Waals surface area (Å²) in [7, 11) is 0. The van der Waals surface area contributed by atoms with Crippen LogP contribution in [0, 0.1) is 12.8 Å². The van der Waals surface area contributed by atoms with Crippen LogP contribution < -0.4 is 17.0 Å². The van der Waals surface area contributed by atoms with Gasteiger partial charge in [0.25, 0.3) is 5.56 Å². The molecule has 1 aliphatic heterocycles. The largest absolute Gasteiger partial charge is 0.394 e. The number of nitrogens with two attached hydrogens (primary N) is 1. The molecule has 0 unspecified atom stereocenters. The van der Waals surface area contributed by atoms with Crippen LogP contribution >= 0.6 is 0 Å². The molecule has 2 heterocycles. The number of ether oxygens (including phenoxy) is 1. The van der Waals surface area contributed by atoms with Crippen molar-refractivity contribution >= 4 is 0 Å². The lowest BCUT2D eigenvalue weighted by Gasteiger charge is -2.16. The molecule has 0 spiro atoms. The van der Waals surface area contributed by atoms with Crippen LogP contribution in [0.1, 0.15) is 11.8 Å². The fourth-order valence-corrected chi connectivity index (χ4v) is 2.23. The van der Waals surface area contributed by atoms with Crippen molar-refractivity contribution in [2.75, 3.05) is 13.2 Å². The maximum Gasteiger partial charge on any atom is 0.330 e. The van der Waals surface area contributed by atoms with Crippen LogP contribution in [0.4, 0.5) is 4.39 Å². The number of H-pyrrole nitrogens is 1. The van der Waals surface area contributed by atoms with Crippen LogP contribution in [-0.2, 0) is 4.74 Å². The predicted molar refractivity (Wildman–Crippen MR) is 64.5 cm³/mol. The minimum Gasteiger partial charge on any atom is -0.394 e. The molecule has 4 atom stereocenters. The zero-order valence-electron chi connectivity index (χ0n) is 10.4. The predicted octanol–water partition coefficient (Wildman–Crippen LogP) is -1.35. The lowest BCUT2D eigenvalue weighted by atomic mass is 10.00. The molecule has 0 aromatic carbocycles. The van der Waals surface area contributed by atoms with E-state index in [0.29, 0.717) is 0 Å². The Bertz CT molecular complexity index is 570. The second kappa shape index (κ2) is 5.24. The standard InChI is InChI=1S/C11H16FN3O4/c1-5-3-15(11(18)14-9(5)17)10-8(12)6(2-13)7(4-16)19-10/h3,6-8,10,16H,2,4,13H2,1H3,(H,14,17,18)/t6-,7-,8-,10-/m1/s1. The quantitative estimate of drug-likeness (QED) is 0.630. The number of alkyl halides is 1. The van der Waals surface area contributed by atoms with Crippen LogP contribution in [-0.4, -0.2) is 40.1 Å². The van der Waals surface area contributed by atoms with Crippen LogP contribution in [0.5, 0.6) is 0 Å².